The second-order valence-electron chi connectivity index (χ2n) is 4.71. The molecule has 0 heterocycles. The number of rotatable bonds is 8. The quantitative estimate of drug-likeness (QED) is 0.531. The van der Waals surface area contributed by atoms with Crippen molar-refractivity contribution < 1.29 is 9.53 Å². The Balaban J connectivity index is 0. The summed E-state index contributed by atoms with van der Waals surface area (Å²) in [6.45, 7) is 7.87. The Morgan fingerprint density at radius 3 is 2.43 bits per heavy atom. The number of hydrogen-bond donors (Lipinski definition) is 2. The Morgan fingerprint density at radius 2 is 1.91 bits per heavy atom. The summed E-state index contributed by atoms with van der Waals surface area (Å²) in [5.41, 5.74) is 6.50. The van der Waals surface area contributed by atoms with Crippen LogP contribution in [0.3, 0.4) is 0 Å². The van der Waals surface area contributed by atoms with E-state index in [9.17, 15) is 4.79 Å². The number of nitrogens with one attached hydrogen (secondary N) is 1. The highest BCUT2D eigenvalue weighted by atomic mass is 35.5. The van der Waals surface area contributed by atoms with Gasteiger partial charge in [-0.1, -0.05) is 25.4 Å². The van der Waals surface area contributed by atoms with E-state index in [1.54, 1.807) is 6.07 Å². The fourth-order valence-electron chi connectivity index (χ4n) is 2.06. The summed E-state index contributed by atoms with van der Waals surface area (Å²) >= 11 is 5.96. The van der Waals surface area contributed by atoms with Crippen LogP contribution < -0.4 is 15.8 Å². The minimum absolute atomic E-state index is 0. The second kappa shape index (κ2) is 12.5. The SMILES string of the molecule is CCN(CC)CCCNC(=O)c1cc(Cl)c(N)cc1OC.Cl.Cl. The molecule has 0 fully saturated rings. The molecule has 23 heavy (non-hydrogen) atoms. The third-order valence-electron chi connectivity index (χ3n) is 3.39. The molecular weight excluding hydrogens is 361 g/mol. The molecule has 0 saturated heterocycles. The van der Waals surface area contributed by atoms with Crippen molar-refractivity contribution in [2.45, 2.75) is 20.3 Å². The standard InChI is InChI=1S/C15H24ClN3O2.2ClH/c1-4-19(5-2)8-6-7-18-15(20)11-9-12(16)13(17)10-14(11)21-3;;/h9-10H,4-8,17H2,1-3H3,(H,18,20);2*1H. The number of carbonyl (C=O) groups excluding carboxylic acids is 1. The number of nitrogens with zero attached hydrogens (tertiary/aromatic N) is 1. The lowest BCUT2D eigenvalue weighted by Gasteiger charge is -2.18. The van der Waals surface area contributed by atoms with E-state index >= 15 is 0 Å². The van der Waals surface area contributed by atoms with Crippen LogP contribution in [-0.4, -0.2) is 44.1 Å². The van der Waals surface area contributed by atoms with Crippen LogP contribution in [0.25, 0.3) is 0 Å². The van der Waals surface area contributed by atoms with Crippen molar-refractivity contribution in [3.63, 3.8) is 0 Å². The molecule has 0 bridgehead atoms. The maximum atomic E-state index is 12.2. The van der Waals surface area contributed by atoms with Crippen LogP contribution in [0.1, 0.15) is 30.6 Å². The summed E-state index contributed by atoms with van der Waals surface area (Å²) in [7, 11) is 1.50. The molecule has 0 aliphatic heterocycles. The van der Waals surface area contributed by atoms with Gasteiger partial charge in [-0.15, -0.1) is 24.8 Å². The largest absolute Gasteiger partial charge is 0.496 e. The van der Waals surface area contributed by atoms with E-state index in [0.717, 1.165) is 26.1 Å². The maximum Gasteiger partial charge on any atom is 0.255 e. The van der Waals surface area contributed by atoms with Gasteiger partial charge in [0.1, 0.15) is 5.75 Å². The molecule has 0 aromatic heterocycles. The van der Waals surface area contributed by atoms with Gasteiger partial charge in [-0.3, -0.25) is 4.79 Å². The summed E-state index contributed by atoms with van der Waals surface area (Å²) in [5, 5.41) is 3.23. The number of methoxy groups -OCH3 is 1. The number of carbonyl (C=O) groups is 1. The van der Waals surface area contributed by atoms with Crippen molar-refractivity contribution in [1.82, 2.24) is 10.2 Å². The summed E-state index contributed by atoms with van der Waals surface area (Å²) in [6.07, 6.45) is 0.901. The van der Waals surface area contributed by atoms with Crippen LogP contribution in [0, 0.1) is 0 Å². The molecule has 0 unspecified atom stereocenters. The third kappa shape index (κ3) is 7.48. The first kappa shape index (κ1) is 24.4. The van der Waals surface area contributed by atoms with Crippen LogP contribution in [0.15, 0.2) is 12.1 Å². The second-order valence-corrected chi connectivity index (χ2v) is 5.12. The lowest BCUT2D eigenvalue weighted by Crippen LogP contribution is -2.30. The summed E-state index contributed by atoms with van der Waals surface area (Å²) in [6, 6.07) is 3.10. The number of hydrogen-bond acceptors (Lipinski definition) is 4. The molecule has 0 saturated carbocycles. The van der Waals surface area contributed by atoms with E-state index in [4.69, 9.17) is 22.1 Å². The van der Waals surface area contributed by atoms with Gasteiger partial charge in [-0.05, 0) is 32.1 Å². The highest BCUT2D eigenvalue weighted by molar-refractivity contribution is 6.33. The zero-order valence-electron chi connectivity index (χ0n) is 13.7. The summed E-state index contributed by atoms with van der Waals surface area (Å²) in [5.74, 6) is 0.228. The Kier molecular flexibility index (Phi) is 13.3. The minimum atomic E-state index is -0.201. The molecule has 0 aliphatic rings. The van der Waals surface area contributed by atoms with Crippen LogP contribution >= 0.6 is 36.4 Å². The summed E-state index contributed by atoms with van der Waals surface area (Å²) < 4.78 is 5.17. The summed E-state index contributed by atoms with van der Waals surface area (Å²) in [4.78, 5) is 14.5. The molecule has 5 nitrogen and oxygen atoms in total. The van der Waals surface area contributed by atoms with Crippen molar-refractivity contribution in [2.75, 3.05) is 39.0 Å². The molecule has 1 amide bonds. The van der Waals surface area contributed by atoms with Crippen molar-refractivity contribution >= 4 is 48.0 Å². The monoisotopic (exact) mass is 385 g/mol. The normalized spacial score (nSPS) is 9.78. The van der Waals surface area contributed by atoms with E-state index in [1.807, 2.05) is 0 Å². The lowest BCUT2D eigenvalue weighted by atomic mass is 10.1. The van der Waals surface area contributed by atoms with E-state index in [1.165, 1.54) is 13.2 Å². The Labute approximate surface area is 155 Å². The maximum absolute atomic E-state index is 12.2. The predicted octanol–water partition coefficient (Wildman–Crippen LogP) is 3.24. The van der Waals surface area contributed by atoms with Crippen molar-refractivity contribution in [3.05, 3.63) is 22.7 Å². The van der Waals surface area contributed by atoms with Crippen LogP contribution in [0.2, 0.25) is 5.02 Å². The number of amides is 1. The minimum Gasteiger partial charge on any atom is -0.496 e. The zero-order chi connectivity index (χ0) is 15.8. The van der Waals surface area contributed by atoms with Crippen molar-refractivity contribution in [3.8, 4) is 5.75 Å². The molecular formula is C15H26Cl3N3O2. The first-order valence-corrected chi connectivity index (χ1v) is 7.54. The fraction of sp³-hybridized carbons (Fsp3) is 0.533. The Morgan fingerprint density at radius 1 is 1.30 bits per heavy atom. The van der Waals surface area contributed by atoms with Gasteiger partial charge in [0.05, 0.1) is 23.4 Å². The molecule has 1 aromatic carbocycles. The van der Waals surface area contributed by atoms with Gasteiger partial charge >= 0.3 is 0 Å². The van der Waals surface area contributed by atoms with Crippen LogP contribution in [0.5, 0.6) is 5.75 Å². The van der Waals surface area contributed by atoms with Crippen molar-refractivity contribution in [1.29, 1.82) is 0 Å². The average Bonchev–Trinajstić information content (AvgIpc) is 2.49. The molecule has 0 radical (unpaired) electrons. The number of halogens is 3. The van der Waals surface area contributed by atoms with Gasteiger partial charge in [0.15, 0.2) is 0 Å². The number of benzene rings is 1. The lowest BCUT2D eigenvalue weighted by molar-refractivity contribution is 0.0949. The molecule has 1 rings (SSSR count). The topological polar surface area (TPSA) is 67.6 Å². The van der Waals surface area contributed by atoms with Gasteiger partial charge in [-0.2, -0.15) is 0 Å². The van der Waals surface area contributed by atoms with Crippen molar-refractivity contribution in [2.24, 2.45) is 0 Å². The first-order valence-electron chi connectivity index (χ1n) is 7.17. The first-order chi connectivity index (χ1) is 10.0. The van der Waals surface area contributed by atoms with Gasteiger partial charge in [0, 0.05) is 12.6 Å². The van der Waals surface area contributed by atoms with E-state index < -0.39 is 0 Å². The predicted molar refractivity (Wildman–Crippen MR) is 102 cm³/mol. The fourth-order valence-corrected chi connectivity index (χ4v) is 2.22. The van der Waals surface area contributed by atoms with E-state index in [2.05, 4.69) is 24.1 Å². The highest BCUT2D eigenvalue weighted by Crippen LogP contribution is 2.28. The van der Waals surface area contributed by atoms with Crippen LogP contribution in [-0.2, 0) is 0 Å². The smallest absolute Gasteiger partial charge is 0.255 e. The third-order valence-corrected chi connectivity index (χ3v) is 3.72. The zero-order valence-corrected chi connectivity index (χ0v) is 16.1. The molecule has 0 aliphatic carbocycles. The Bertz CT molecular complexity index is 483. The Hall–Kier alpha value is -0.880. The van der Waals surface area contributed by atoms with Gasteiger partial charge in [0.2, 0.25) is 0 Å². The van der Waals surface area contributed by atoms with Gasteiger partial charge < -0.3 is 20.7 Å². The average molecular weight is 387 g/mol. The molecule has 0 spiro atoms. The van der Waals surface area contributed by atoms with Gasteiger partial charge in [0.25, 0.3) is 5.91 Å². The molecule has 0 atom stereocenters. The molecule has 1 aromatic rings. The molecule has 134 valence electrons. The highest BCUT2D eigenvalue weighted by Gasteiger charge is 2.14. The van der Waals surface area contributed by atoms with Gasteiger partial charge in [-0.25, -0.2) is 0 Å². The number of nitrogens with two attached hydrogens (primary N) is 1. The molecule has 3 N–H and O–H groups in total. The van der Waals surface area contributed by atoms with E-state index in [-0.39, 0.29) is 30.7 Å². The van der Waals surface area contributed by atoms with Crippen LogP contribution in [0.4, 0.5) is 5.69 Å². The number of anilines is 1. The molecule has 8 heteroatoms. The number of ether oxygens (including phenoxy) is 1. The van der Waals surface area contributed by atoms with E-state index in [0.29, 0.717) is 28.6 Å². The number of nitrogen functional groups attached to an aromatic ring is 1.